The molecule has 12 bridgehead atoms. The molecule has 22 saturated heterocycles. The Morgan fingerprint density at radius 3 is 0.895 bits per heavy atom. The molecule has 0 spiro atoms. The van der Waals surface area contributed by atoms with Crippen LogP contribution in [0.15, 0.2) is 24.3 Å². The van der Waals surface area contributed by atoms with E-state index in [9.17, 15) is 96.9 Å². The molecule has 23 rings (SSSR count). The van der Waals surface area contributed by atoms with Crippen molar-refractivity contribution in [1.82, 2.24) is 0 Å². The Balaban J connectivity index is 1.13. The predicted molar refractivity (Wildman–Crippen MR) is 231 cm³/mol. The van der Waals surface area contributed by atoms with Crippen LogP contribution in [0.3, 0.4) is 0 Å². The van der Waals surface area contributed by atoms with E-state index in [0.717, 1.165) is 6.07 Å². The Morgan fingerprint density at radius 1 is 0.368 bits per heavy atom. The highest BCUT2D eigenvalue weighted by Crippen LogP contribution is 2.39. The normalized spacial score (nSPS) is 49.5. The van der Waals surface area contributed by atoms with Crippen LogP contribution in [0, 0.1) is 10.1 Å². The van der Waals surface area contributed by atoms with Crippen molar-refractivity contribution in [2.24, 2.45) is 0 Å². The fourth-order valence-electron chi connectivity index (χ4n) is 10.1. The zero-order valence-electron chi connectivity index (χ0n) is 39.8. The van der Waals surface area contributed by atoms with Crippen molar-refractivity contribution in [3.63, 3.8) is 0 Å². The van der Waals surface area contributed by atoms with Gasteiger partial charge in [0, 0.05) is 6.07 Å². The number of nitro groups is 1. The van der Waals surface area contributed by atoms with Gasteiger partial charge in [-0.25, -0.2) is 0 Å². The summed E-state index contributed by atoms with van der Waals surface area (Å²) in [6, 6.07) is 5.25. The molecule has 17 N–H and O–H groups in total. The third kappa shape index (κ3) is 11.8. The van der Waals surface area contributed by atoms with Crippen LogP contribution in [0.25, 0.3) is 0 Å². The molecule has 0 saturated carbocycles. The van der Waals surface area contributed by atoms with Crippen LogP contribution in [-0.4, -0.2) is 316 Å². The zero-order valence-corrected chi connectivity index (χ0v) is 39.8. The first-order valence-corrected chi connectivity index (χ1v) is 24.1. The van der Waals surface area contributed by atoms with E-state index in [4.69, 9.17) is 61.6 Å². The number of benzene rings is 1. The SMILES string of the molecule is O=[N+]([O-])c1ccccc1CO[C@@H]1[C@@H](O)[C@H]2O[C@H]3[C@H](O)[C@@H](O)[C@@H](O[C@H]4[C@H](O)[C@@H](O)[C@@H](O[C@H]5[C@H](O)[C@@H](O)[C@@H](O[C@H]6[C@H](O)[C@@H](O)[C@@H](O[C@H]7[C@H](O)[C@@H](O)[C@@H](O[C@H]1[C@@H](CO)O2)O[C@@H]7CO)O[C@@H]6CO)O[C@@H]5CO)O[C@@H]4CO)O[C@@H]3CO. The summed E-state index contributed by atoms with van der Waals surface area (Å²) in [5, 5.41) is 200. The molecule has 22 fully saturated rings. The lowest BCUT2D eigenvalue weighted by Gasteiger charge is -2.51. The Labute approximate surface area is 429 Å². The number of hydrogen-bond acceptors (Lipinski definition) is 32. The highest BCUT2D eigenvalue weighted by molar-refractivity contribution is 5.39. The summed E-state index contributed by atoms with van der Waals surface area (Å²) in [5.41, 5.74) is -0.490. The fraction of sp³-hybridized carbons (Fsp3) is 0.860. The molecule has 30 atom stereocenters. The van der Waals surface area contributed by atoms with Gasteiger partial charge in [0.1, 0.15) is 146 Å². The lowest BCUT2D eigenvalue weighted by atomic mass is 9.94. The van der Waals surface area contributed by atoms with Gasteiger partial charge in [0.05, 0.1) is 56.7 Å². The summed E-state index contributed by atoms with van der Waals surface area (Å²) in [4.78, 5) is 11.2. The van der Waals surface area contributed by atoms with Crippen LogP contribution in [-0.2, 0) is 68.2 Å². The van der Waals surface area contributed by atoms with Crippen LogP contribution in [0.2, 0.25) is 0 Å². The van der Waals surface area contributed by atoms with E-state index in [1.807, 2.05) is 0 Å². The highest BCUT2D eigenvalue weighted by Gasteiger charge is 2.59. The standard InChI is InChI=1S/C43H65NO32/c45-5-14-31-20(51)25(56)38(65-14)72-32-15(6-46)67-40(27(58)22(32)53)74-34-17(8-48)69-42(29(60)24(34)55)76-36-19(10-50)70-43(30(61)37(36)64-11-12-3-1-2-4-13(12)44(62)63)75-35-18(9-49)68-41(28(59)23(35)54)73-33-16(7-47)66-39(71-31)26(57)21(33)52/h1-4,14-43,45-61H,5-11H2/t14-,15-,16-,17-,18-,19-,20-,21-,22-,23-,24-,25-,26-,27-,28-,29-,30-,31-,32-,33-,34-,35-,36+,37-,38-,39-,40-,41-,42-,43-/m1/s1. The molecule has 0 aliphatic carbocycles. The molecule has 0 aromatic heterocycles. The summed E-state index contributed by atoms with van der Waals surface area (Å²) in [7, 11) is 0. The van der Waals surface area contributed by atoms with Crippen LogP contribution in [0.5, 0.6) is 0 Å². The third-order valence-corrected chi connectivity index (χ3v) is 14.3. The van der Waals surface area contributed by atoms with E-state index in [0.29, 0.717) is 0 Å². The van der Waals surface area contributed by atoms with Gasteiger partial charge in [0.2, 0.25) is 0 Å². The second-order valence-electron chi connectivity index (χ2n) is 19.0. The second kappa shape index (κ2) is 25.5. The van der Waals surface area contributed by atoms with Gasteiger partial charge in [-0.05, 0) is 6.07 Å². The summed E-state index contributed by atoms with van der Waals surface area (Å²) in [6.45, 7) is -6.89. The molecular weight excluding hydrogens is 1040 g/mol. The van der Waals surface area contributed by atoms with E-state index < -0.39 is 241 Å². The van der Waals surface area contributed by atoms with Crippen molar-refractivity contribution < 1.29 is 153 Å². The maximum absolute atomic E-state index is 12.0. The minimum Gasteiger partial charge on any atom is -0.394 e. The Hall–Kier alpha value is -2.58. The number of para-hydroxylation sites is 1. The average molecular weight is 1110 g/mol. The van der Waals surface area contributed by atoms with Gasteiger partial charge in [-0.2, -0.15) is 0 Å². The highest BCUT2D eigenvalue weighted by atomic mass is 16.8. The van der Waals surface area contributed by atoms with Crippen molar-refractivity contribution in [1.29, 1.82) is 0 Å². The Morgan fingerprint density at radius 2 is 0.618 bits per heavy atom. The summed E-state index contributed by atoms with van der Waals surface area (Å²) >= 11 is 0. The summed E-state index contributed by atoms with van der Waals surface area (Å²) in [5.74, 6) is 0. The summed E-state index contributed by atoms with van der Waals surface area (Å²) < 4.78 is 75.4. The lowest BCUT2D eigenvalue weighted by molar-refractivity contribution is -0.405. The van der Waals surface area contributed by atoms with Crippen molar-refractivity contribution in [2.75, 3.05) is 39.6 Å². The largest absolute Gasteiger partial charge is 0.394 e. The van der Waals surface area contributed by atoms with Gasteiger partial charge in [0.25, 0.3) is 5.69 Å². The van der Waals surface area contributed by atoms with Gasteiger partial charge in [-0.15, -0.1) is 0 Å². The van der Waals surface area contributed by atoms with E-state index in [1.165, 1.54) is 18.2 Å². The van der Waals surface area contributed by atoms with Crippen LogP contribution in [0.4, 0.5) is 5.69 Å². The molecule has 1 aromatic rings. The molecule has 0 amide bonds. The van der Waals surface area contributed by atoms with E-state index >= 15 is 0 Å². The first-order chi connectivity index (χ1) is 36.3. The van der Waals surface area contributed by atoms with E-state index in [2.05, 4.69) is 0 Å². The van der Waals surface area contributed by atoms with Crippen molar-refractivity contribution in [3.8, 4) is 0 Å². The van der Waals surface area contributed by atoms with Gasteiger partial charge < -0.3 is 148 Å². The maximum atomic E-state index is 12.0. The second-order valence-corrected chi connectivity index (χ2v) is 19.0. The Bertz CT molecular complexity index is 2010. The van der Waals surface area contributed by atoms with Gasteiger partial charge >= 0.3 is 0 Å². The van der Waals surface area contributed by atoms with Gasteiger partial charge in [0.15, 0.2) is 37.7 Å². The van der Waals surface area contributed by atoms with Gasteiger partial charge in [-0.1, -0.05) is 12.1 Å². The maximum Gasteiger partial charge on any atom is 0.274 e. The molecule has 33 nitrogen and oxygen atoms in total. The van der Waals surface area contributed by atoms with Crippen molar-refractivity contribution in [2.45, 2.75) is 191 Å². The topological polar surface area (TPSA) is 507 Å². The van der Waals surface area contributed by atoms with Crippen molar-refractivity contribution >= 4 is 5.69 Å². The molecule has 22 aliphatic heterocycles. The first kappa shape index (κ1) is 59.5. The van der Waals surface area contributed by atoms with Crippen LogP contribution in [0.1, 0.15) is 5.56 Å². The minimum atomic E-state index is -2.22. The quantitative estimate of drug-likeness (QED) is 0.0764. The summed E-state index contributed by atoms with van der Waals surface area (Å²) in [6.07, 6.45) is -59.5. The number of nitro benzene ring substituents is 1. The molecule has 0 unspecified atom stereocenters. The average Bonchev–Trinajstić information content (AvgIpc) is 3.42. The molecule has 22 heterocycles. The number of aliphatic hydroxyl groups is 17. The minimum absolute atomic E-state index is 0.0557. The third-order valence-electron chi connectivity index (χ3n) is 14.3. The molecule has 33 heteroatoms. The number of hydrogen-bond donors (Lipinski definition) is 17. The van der Waals surface area contributed by atoms with Crippen LogP contribution < -0.4 is 0 Å². The molecular formula is C43H65NO32. The molecule has 434 valence electrons. The van der Waals surface area contributed by atoms with Crippen LogP contribution >= 0.6 is 0 Å². The number of rotatable bonds is 10. The molecule has 76 heavy (non-hydrogen) atoms. The molecule has 0 radical (unpaired) electrons. The fourth-order valence-corrected chi connectivity index (χ4v) is 10.1. The number of aliphatic hydroxyl groups excluding tert-OH is 17. The monoisotopic (exact) mass is 1110 g/mol. The molecule has 1 aromatic carbocycles. The molecule has 22 aliphatic rings. The lowest BCUT2D eigenvalue weighted by Crippen LogP contribution is -2.69. The number of ether oxygens (including phenoxy) is 13. The smallest absolute Gasteiger partial charge is 0.274 e. The Kier molecular flexibility index (Phi) is 20.0. The zero-order chi connectivity index (χ0) is 55.0. The van der Waals surface area contributed by atoms with Crippen molar-refractivity contribution in [3.05, 3.63) is 39.9 Å². The van der Waals surface area contributed by atoms with E-state index in [1.54, 1.807) is 0 Å². The predicted octanol–water partition coefficient (Wildman–Crippen LogP) is -10.9. The first-order valence-electron chi connectivity index (χ1n) is 24.1. The number of nitrogens with zero attached hydrogens (tertiary/aromatic N) is 1. The van der Waals surface area contributed by atoms with E-state index in [-0.39, 0.29) is 5.56 Å². The van der Waals surface area contributed by atoms with Gasteiger partial charge in [-0.3, -0.25) is 10.1 Å².